The van der Waals surface area contributed by atoms with Gasteiger partial charge in [0.1, 0.15) is 0 Å². The molecule has 0 bridgehead atoms. The third kappa shape index (κ3) is 3.73. The lowest BCUT2D eigenvalue weighted by Gasteiger charge is -2.01. The Morgan fingerprint density at radius 2 is 2.20 bits per heavy atom. The monoisotopic (exact) mass is 226 g/mol. The Hall–Kier alpha value is -1.32. The lowest BCUT2D eigenvalue weighted by molar-refractivity contribution is -0.135. The molecule has 0 atom stereocenters. The summed E-state index contributed by atoms with van der Waals surface area (Å²) in [5.74, 6) is -0.873. The molecule has 0 heterocycles. The number of hydrogen-bond acceptors (Lipinski definition) is 2. The number of aliphatic hydroxyl groups is 1. The van der Waals surface area contributed by atoms with Gasteiger partial charge in [0.2, 0.25) is 0 Å². The summed E-state index contributed by atoms with van der Waals surface area (Å²) >= 11 is 5.80. The third-order valence-electron chi connectivity index (χ3n) is 1.84. The fourth-order valence-corrected chi connectivity index (χ4v) is 1.29. The van der Waals surface area contributed by atoms with Gasteiger partial charge in [0.25, 0.3) is 0 Å². The normalized spacial score (nSPS) is 10.8. The molecular weight excluding hydrogens is 216 g/mol. The lowest BCUT2D eigenvalue weighted by Crippen LogP contribution is -1.90. The summed E-state index contributed by atoms with van der Waals surface area (Å²) in [6, 6.07) is 5.16. The molecular formula is C11H11ClO3. The van der Waals surface area contributed by atoms with Gasteiger partial charge in [0.15, 0.2) is 0 Å². The maximum Gasteiger partial charge on any atom is 0.307 e. The van der Waals surface area contributed by atoms with Gasteiger partial charge in [0, 0.05) is 5.02 Å². The van der Waals surface area contributed by atoms with Crippen LogP contribution >= 0.6 is 11.6 Å². The first-order valence-corrected chi connectivity index (χ1v) is 4.79. The Bertz CT molecular complexity index is 385. The van der Waals surface area contributed by atoms with Crippen LogP contribution < -0.4 is 0 Å². The van der Waals surface area contributed by atoms with Crippen molar-refractivity contribution in [3.8, 4) is 0 Å². The van der Waals surface area contributed by atoms with E-state index in [1.165, 1.54) is 0 Å². The summed E-state index contributed by atoms with van der Waals surface area (Å²) in [7, 11) is 0. The zero-order valence-corrected chi connectivity index (χ0v) is 8.74. The number of carboxylic acids is 1. The fourth-order valence-electron chi connectivity index (χ4n) is 1.12. The SMILES string of the molecule is O=C(O)CC=Cc1ccc(Cl)c(CO)c1. The highest BCUT2D eigenvalue weighted by atomic mass is 35.5. The minimum absolute atomic E-state index is 0.0168. The van der Waals surface area contributed by atoms with Crippen LogP contribution in [0.3, 0.4) is 0 Å². The highest BCUT2D eigenvalue weighted by molar-refractivity contribution is 6.31. The summed E-state index contributed by atoms with van der Waals surface area (Å²) in [4.78, 5) is 10.3. The first kappa shape index (κ1) is 11.8. The second kappa shape index (κ2) is 5.53. The zero-order valence-electron chi connectivity index (χ0n) is 7.98. The number of carboxylic acid groups (broad SMARTS) is 1. The minimum atomic E-state index is -0.873. The van der Waals surface area contributed by atoms with Crippen LogP contribution in [0.15, 0.2) is 24.3 Å². The van der Waals surface area contributed by atoms with Crippen molar-refractivity contribution in [1.29, 1.82) is 0 Å². The molecule has 0 spiro atoms. The van der Waals surface area contributed by atoms with E-state index in [1.54, 1.807) is 30.4 Å². The van der Waals surface area contributed by atoms with Crippen molar-refractivity contribution in [1.82, 2.24) is 0 Å². The molecule has 0 aliphatic carbocycles. The highest BCUT2D eigenvalue weighted by Gasteiger charge is 1.98. The van der Waals surface area contributed by atoms with Crippen LogP contribution in [-0.2, 0) is 11.4 Å². The van der Waals surface area contributed by atoms with Crippen LogP contribution in [0.25, 0.3) is 6.08 Å². The summed E-state index contributed by atoms with van der Waals surface area (Å²) in [6.45, 7) is -0.126. The van der Waals surface area contributed by atoms with E-state index in [0.717, 1.165) is 5.56 Å². The molecule has 80 valence electrons. The summed E-state index contributed by atoms with van der Waals surface area (Å²) in [5, 5.41) is 17.9. The number of carbonyl (C=O) groups is 1. The topological polar surface area (TPSA) is 57.5 Å². The van der Waals surface area contributed by atoms with Crippen molar-refractivity contribution in [3.05, 3.63) is 40.4 Å². The quantitative estimate of drug-likeness (QED) is 0.829. The fraction of sp³-hybridized carbons (Fsp3) is 0.182. The molecule has 0 amide bonds. The van der Waals surface area contributed by atoms with Gasteiger partial charge in [-0.05, 0) is 23.3 Å². The summed E-state index contributed by atoms with van der Waals surface area (Å²) in [5.41, 5.74) is 1.46. The molecule has 0 saturated heterocycles. The smallest absolute Gasteiger partial charge is 0.307 e. The Kier molecular flexibility index (Phi) is 4.34. The van der Waals surface area contributed by atoms with Crippen molar-refractivity contribution >= 4 is 23.6 Å². The van der Waals surface area contributed by atoms with Gasteiger partial charge in [-0.15, -0.1) is 0 Å². The van der Waals surface area contributed by atoms with E-state index in [9.17, 15) is 4.79 Å². The van der Waals surface area contributed by atoms with E-state index in [2.05, 4.69) is 0 Å². The first-order chi connectivity index (χ1) is 7.13. The van der Waals surface area contributed by atoms with Gasteiger partial charge in [-0.1, -0.05) is 29.8 Å². The lowest BCUT2D eigenvalue weighted by atomic mass is 10.1. The first-order valence-electron chi connectivity index (χ1n) is 4.41. The van der Waals surface area contributed by atoms with Crippen molar-refractivity contribution in [2.45, 2.75) is 13.0 Å². The second-order valence-electron chi connectivity index (χ2n) is 3.01. The summed E-state index contributed by atoms with van der Waals surface area (Å²) in [6.07, 6.45) is 3.22. The number of aliphatic hydroxyl groups excluding tert-OH is 1. The van der Waals surface area contributed by atoms with Crippen molar-refractivity contribution in [2.75, 3.05) is 0 Å². The number of halogens is 1. The second-order valence-corrected chi connectivity index (χ2v) is 3.42. The summed E-state index contributed by atoms with van der Waals surface area (Å²) < 4.78 is 0. The molecule has 0 aliphatic rings. The predicted octanol–water partition coefficient (Wildman–Crippen LogP) is 2.32. The van der Waals surface area contributed by atoms with Gasteiger partial charge in [-0.3, -0.25) is 4.79 Å². The maximum absolute atomic E-state index is 10.3. The van der Waals surface area contributed by atoms with Crippen molar-refractivity contribution in [2.24, 2.45) is 0 Å². The standard InChI is InChI=1S/C11H11ClO3/c12-10-5-4-8(6-9(10)7-13)2-1-3-11(14)15/h1-2,4-6,13H,3,7H2,(H,14,15). The van der Waals surface area contributed by atoms with E-state index in [1.807, 2.05) is 0 Å². The van der Waals surface area contributed by atoms with E-state index in [0.29, 0.717) is 10.6 Å². The van der Waals surface area contributed by atoms with Crippen molar-refractivity contribution in [3.63, 3.8) is 0 Å². The van der Waals surface area contributed by atoms with Crippen LogP contribution in [0.4, 0.5) is 0 Å². The molecule has 0 radical (unpaired) electrons. The Balaban J connectivity index is 2.78. The van der Waals surface area contributed by atoms with Crippen molar-refractivity contribution < 1.29 is 15.0 Å². The largest absolute Gasteiger partial charge is 0.481 e. The van der Waals surface area contributed by atoms with Crippen LogP contribution in [0.5, 0.6) is 0 Å². The molecule has 3 nitrogen and oxygen atoms in total. The van der Waals surface area contributed by atoms with Gasteiger partial charge in [-0.2, -0.15) is 0 Å². The van der Waals surface area contributed by atoms with Gasteiger partial charge < -0.3 is 10.2 Å². The van der Waals surface area contributed by atoms with E-state index in [-0.39, 0.29) is 13.0 Å². The molecule has 4 heteroatoms. The minimum Gasteiger partial charge on any atom is -0.481 e. The Morgan fingerprint density at radius 3 is 2.80 bits per heavy atom. The zero-order chi connectivity index (χ0) is 11.3. The molecule has 1 aromatic rings. The average molecular weight is 227 g/mol. The number of aliphatic carboxylic acids is 1. The van der Waals surface area contributed by atoms with E-state index in [4.69, 9.17) is 21.8 Å². The molecule has 0 unspecified atom stereocenters. The predicted molar refractivity (Wildman–Crippen MR) is 58.7 cm³/mol. The molecule has 1 rings (SSSR count). The van der Waals surface area contributed by atoms with E-state index >= 15 is 0 Å². The molecule has 2 N–H and O–H groups in total. The molecule has 0 saturated carbocycles. The number of hydrogen-bond donors (Lipinski definition) is 2. The Morgan fingerprint density at radius 1 is 1.47 bits per heavy atom. The molecule has 15 heavy (non-hydrogen) atoms. The molecule has 0 aromatic heterocycles. The van der Waals surface area contributed by atoms with Crippen LogP contribution in [-0.4, -0.2) is 16.2 Å². The third-order valence-corrected chi connectivity index (χ3v) is 2.21. The number of benzene rings is 1. The Labute approximate surface area is 92.6 Å². The van der Waals surface area contributed by atoms with Crippen LogP contribution in [0.1, 0.15) is 17.5 Å². The average Bonchev–Trinajstić information content (AvgIpc) is 2.20. The maximum atomic E-state index is 10.3. The molecule has 1 aromatic carbocycles. The highest BCUT2D eigenvalue weighted by Crippen LogP contribution is 2.18. The van der Waals surface area contributed by atoms with E-state index < -0.39 is 5.97 Å². The molecule has 0 fully saturated rings. The molecule has 0 aliphatic heterocycles. The van der Waals surface area contributed by atoms with Gasteiger partial charge in [0.05, 0.1) is 13.0 Å². The van der Waals surface area contributed by atoms with Crippen LogP contribution in [0.2, 0.25) is 5.02 Å². The van der Waals surface area contributed by atoms with Gasteiger partial charge >= 0.3 is 5.97 Å². The van der Waals surface area contributed by atoms with Gasteiger partial charge in [-0.25, -0.2) is 0 Å². The number of rotatable bonds is 4. The van der Waals surface area contributed by atoms with Crippen LogP contribution in [0, 0.1) is 0 Å².